The van der Waals surface area contributed by atoms with E-state index in [1.165, 1.54) is 32.4 Å². The Morgan fingerprint density at radius 1 is 0.895 bits per heavy atom. The molecule has 0 fully saturated rings. The topological polar surface area (TPSA) is 4.93 Å². The Morgan fingerprint density at radius 3 is 2.47 bits per heavy atom. The fourth-order valence-electron chi connectivity index (χ4n) is 2.75. The minimum atomic E-state index is 1.23. The number of aryl methyl sites for hydroxylation is 1. The van der Waals surface area contributed by atoms with Crippen molar-refractivity contribution < 1.29 is 0 Å². The second-order valence-electron chi connectivity index (χ2n) is 4.79. The molecular weight excluding hydrogens is 250 g/mol. The second kappa shape index (κ2) is 3.97. The monoisotopic (exact) mass is 263 g/mol. The summed E-state index contributed by atoms with van der Waals surface area (Å²) in [6.07, 6.45) is 0. The zero-order chi connectivity index (χ0) is 12.8. The van der Waals surface area contributed by atoms with Crippen LogP contribution in [0.4, 0.5) is 0 Å². The highest BCUT2D eigenvalue weighted by molar-refractivity contribution is 7.17. The molecule has 4 aromatic rings. The first-order valence-corrected chi connectivity index (χ1v) is 7.27. The molecule has 0 N–H and O–H groups in total. The van der Waals surface area contributed by atoms with E-state index < -0.39 is 0 Å². The molecule has 0 radical (unpaired) electrons. The molecule has 19 heavy (non-hydrogen) atoms. The Morgan fingerprint density at radius 2 is 1.63 bits per heavy atom. The summed E-state index contributed by atoms with van der Waals surface area (Å²) < 4.78 is 2.36. The highest BCUT2D eigenvalue weighted by Crippen LogP contribution is 2.37. The molecule has 0 atom stereocenters. The Labute approximate surface area is 115 Å². The Balaban J connectivity index is 2.24. The summed E-state index contributed by atoms with van der Waals surface area (Å²) in [6, 6.07) is 19.2. The molecule has 0 saturated carbocycles. The van der Waals surface area contributed by atoms with Crippen molar-refractivity contribution in [1.29, 1.82) is 0 Å². The number of thiophene rings is 1. The summed E-state index contributed by atoms with van der Waals surface area (Å²) in [5.41, 5.74) is 3.89. The van der Waals surface area contributed by atoms with E-state index in [0.717, 1.165) is 0 Å². The lowest BCUT2D eigenvalue weighted by atomic mass is 10.1. The van der Waals surface area contributed by atoms with Gasteiger partial charge in [-0.2, -0.15) is 0 Å². The summed E-state index contributed by atoms with van der Waals surface area (Å²) >= 11 is 1.82. The quantitative estimate of drug-likeness (QED) is 0.447. The van der Waals surface area contributed by atoms with E-state index in [1.807, 2.05) is 11.3 Å². The first kappa shape index (κ1) is 10.8. The third-order valence-electron chi connectivity index (χ3n) is 3.59. The fourth-order valence-corrected chi connectivity index (χ4v) is 3.85. The van der Waals surface area contributed by atoms with Crippen molar-refractivity contribution in [2.75, 3.05) is 0 Å². The van der Waals surface area contributed by atoms with Crippen LogP contribution < -0.4 is 0 Å². The summed E-state index contributed by atoms with van der Waals surface area (Å²) in [5, 5.41) is 4.99. The van der Waals surface area contributed by atoms with Crippen molar-refractivity contribution in [3.63, 3.8) is 0 Å². The van der Waals surface area contributed by atoms with Crippen LogP contribution in [0.2, 0.25) is 0 Å². The lowest BCUT2D eigenvalue weighted by molar-refractivity contribution is 1.19. The Bertz CT molecular complexity index is 868. The number of fused-ring (bicyclic) bond motifs is 3. The minimum Gasteiger partial charge on any atom is -0.301 e. The highest BCUT2D eigenvalue weighted by atomic mass is 32.1. The molecule has 0 amide bonds. The molecule has 0 spiro atoms. The van der Waals surface area contributed by atoms with Gasteiger partial charge in [-0.1, -0.05) is 36.4 Å². The first-order chi connectivity index (χ1) is 9.36. The van der Waals surface area contributed by atoms with Crippen LogP contribution in [0.1, 0.15) is 5.56 Å². The van der Waals surface area contributed by atoms with Crippen LogP contribution in [0.15, 0.2) is 60.0 Å². The molecule has 2 aromatic carbocycles. The molecule has 2 heteroatoms. The number of hydrogen-bond acceptors (Lipinski definition) is 1. The van der Waals surface area contributed by atoms with Crippen LogP contribution in [0.25, 0.3) is 26.8 Å². The van der Waals surface area contributed by atoms with Gasteiger partial charge in [0.25, 0.3) is 0 Å². The lowest BCUT2D eigenvalue weighted by Gasteiger charge is -2.05. The molecule has 4 rings (SSSR count). The van der Waals surface area contributed by atoms with Gasteiger partial charge in [-0.05, 0) is 36.1 Å². The molecule has 0 aliphatic rings. The first-order valence-electron chi connectivity index (χ1n) is 6.39. The fraction of sp³-hybridized carbons (Fsp3) is 0.0588. The third kappa shape index (κ3) is 1.47. The van der Waals surface area contributed by atoms with E-state index in [0.29, 0.717) is 0 Å². The van der Waals surface area contributed by atoms with E-state index in [4.69, 9.17) is 0 Å². The lowest BCUT2D eigenvalue weighted by Crippen LogP contribution is -1.91. The zero-order valence-electron chi connectivity index (χ0n) is 10.6. The summed E-state index contributed by atoms with van der Waals surface area (Å²) in [6.45, 7) is 2.20. The molecule has 2 heterocycles. The number of nitrogens with zero attached hydrogens (tertiary/aromatic N) is 1. The molecular formula is C17H13NS. The second-order valence-corrected chi connectivity index (χ2v) is 5.65. The predicted molar refractivity (Wildman–Crippen MR) is 83.4 cm³/mol. The normalized spacial score (nSPS) is 11.4. The molecule has 1 nitrogen and oxygen atoms in total. The number of aromatic nitrogens is 1. The van der Waals surface area contributed by atoms with E-state index >= 15 is 0 Å². The number of benzene rings is 2. The summed E-state index contributed by atoms with van der Waals surface area (Å²) in [5.74, 6) is 0. The number of rotatable bonds is 1. The predicted octanol–water partition coefficient (Wildman–Crippen LogP) is 5.15. The SMILES string of the molecule is Cc1csc2c1c1ccccc1n2-c1ccccc1. The van der Waals surface area contributed by atoms with Crippen LogP contribution in [-0.4, -0.2) is 4.57 Å². The molecule has 0 aliphatic heterocycles. The molecule has 92 valence electrons. The van der Waals surface area contributed by atoms with E-state index in [2.05, 4.69) is 71.5 Å². The van der Waals surface area contributed by atoms with Crippen LogP contribution in [0.5, 0.6) is 0 Å². The zero-order valence-corrected chi connectivity index (χ0v) is 11.4. The average Bonchev–Trinajstić information content (AvgIpc) is 2.98. The van der Waals surface area contributed by atoms with Gasteiger partial charge in [0.1, 0.15) is 4.83 Å². The van der Waals surface area contributed by atoms with Gasteiger partial charge in [-0.15, -0.1) is 11.3 Å². The van der Waals surface area contributed by atoms with Gasteiger partial charge in [0.15, 0.2) is 0 Å². The van der Waals surface area contributed by atoms with Crippen molar-refractivity contribution in [1.82, 2.24) is 4.57 Å². The van der Waals surface area contributed by atoms with Gasteiger partial charge in [-0.25, -0.2) is 0 Å². The van der Waals surface area contributed by atoms with Crippen LogP contribution in [0, 0.1) is 6.92 Å². The van der Waals surface area contributed by atoms with Crippen LogP contribution in [-0.2, 0) is 0 Å². The largest absolute Gasteiger partial charge is 0.301 e. The van der Waals surface area contributed by atoms with Crippen molar-refractivity contribution >= 4 is 32.5 Å². The molecule has 0 unspecified atom stereocenters. The van der Waals surface area contributed by atoms with Crippen LogP contribution >= 0.6 is 11.3 Å². The highest BCUT2D eigenvalue weighted by Gasteiger charge is 2.14. The van der Waals surface area contributed by atoms with E-state index in [-0.39, 0.29) is 0 Å². The maximum atomic E-state index is 2.36. The van der Waals surface area contributed by atoms with Crippen LogP contribution in [0.3, 0.4) is 0 Å². The number of para-hydroxylation sites is 2. The van der Waals surface area contributed by atoms with Crippen molar-refractivity contribution in [3.05, 3.63) is 65.5 Å². The van der Waals surface area contributed by atoms with Gasteiger partial charge in [0, 0.05) is 16.5 Å². The van der Waals surface area contributed by atoms with Crippen molar-refractivity contribution in [2.24, 2.45) is 0 Å². The van der Waals surface area contributed by atoms with E-state index in [9.17, 15) is 0 Å². The third-order valence-corrected chi connectivity index (χ3v) is 4.67. The molecule has 0 bridgehead atoms. The average molecular weight is 263 g/mol. The minimum absolute atomic E-state index is 1.23. The van der Waals surface area contributed by atoms with Gasteiger partial charge in [-0.3, -0.25) is 0 Å². The van der Waals surface area contributed by atoms with Gasteiger partial charge in [0.2, 0.25) is 0 Å². The summed E-state index contributed by atoms with van der Waals surface area (Å²) in [4.78, 5) is 1.34. The summed E-state index contributed by atoms with van der Waals surface area (Å²) in [7, 11) is 0. The Kier molecular flexibility index (Phi) is 2.26. The van der Waals surface area contributed by atoms with Gasteiger partial charge < -0.3 is 4.57 Å². The Hall–Kier alpha value is -2.06. The molecule has 0 saturated heterocycles. The maximum absolute atomic E-state index is 2.36. The molecule has 2 aromatic heterocycles. The van der Waals surface area contributed by atoms with Gasteiger partial charge >= 0.3 is 0 Å². The van der Waals surface area contributed by atoms with E-state index in [1.54, 1.807) is 0 Å². The van der Waals surface area contributed by atoms with Gasteiger partial charge in [0.05, 0.1) is 5.52 Å². The van der Waals surface area contributed by atoms with Crippen molar-refractivity contribution in [2.45, 2.75) is 6.92 Å². The number of hydrogen-bond donors (Lipinski definition) is 0. The molecule has 0 aliphatic carbocycles. The smallest absolute Gasteiger partial charge is 0.108 e. The maximum Gasteiger partial charge on any atom is 0.108 e. The van der Waals surface area contributed by atoms with Crippen molar-refractivity contribution in [3.8, 4) is 5.69 Å². The standard InChI is InChI=1S/C17H13NS/c1-12-11-19-17-16(12)14-9-5-6-10-15(14)18(17)13-7-3-2-4-8-13/h2-11H,1H3.